The molecule has 0 spiro atoms. The zero-order chi connectivity index (χ0) is 27.9. The molecule has 2 fully saturated rings. The highest BCUT2D eigenvalue weighted by molar-refractivity contribution is 6.74. The number of benzene rings is 1. The van der Waals surface area contributed by atoms with Gasteiger partial charge in [-0.3, -0.25) is 4.90 Å². The molecule has 0 amide bonds. The first-order valence-corrected chi connectivity index (χ1v) is 17.2. The largest absolute Gasteiger partial charge is 0.411 e. The molecule has 39 heavy (non-hydrogen) atoms. The molecule has 0 bridgehead atoms. The fraction of sp³-hybridized carbons (Fsp3) is 0.600. The number of rotatable bonds is 8. The van der Waals surface area contributed by atoms with Crippen molar-refractivity contribution in [1.29, 1.82) is 0 Å². The topological polar surface area (TPSA) is 55.1 Å². The van der Waals surface area contributed by atoms with E-state index in [1.165, 1.54) is 0 Å². The van der Waals surface area contributed by atoms with Crippen molar-refractivity contribution in [1.82, 2.24) is 19.5 Å². The van der Waals surface area contributed by atoms with Gasteiger partial charge in [-0.05, 0) is 60.3 Å². The lowest BCUT2D eigenvalue weighted by Crippen LogP contribution is -2.57. The maximum Gasteiger partial charge on any atom is 0.192 e. The summed E-state index contributed by atoms with van der Waals surface area (Å²) in [4.78, 5) is 9.81. The summed E-state index contributed by atoms with van der Waals surface area (Å²) < 4.78 is 28.9. The van der Waals surface area contributed by atoms with Crippen LogP contribution in [-0.4, -0.2) is 73.3 Å². The molecular weight excluding hydrogens is 509 g/mol. The maximum atomic E-state index is 14.7. The van der Waals surface area contributed by atoms with Gasteiger partial charge in [0.25, 0.3) is 0 Å². The summed E-state index contributed by atoms with van der Waals surface area (Å²) in [5.74, 6) is 0.798. The third kappa shape index (κ3) is 5.78. The van der Waals surface area contributed by atoms with Gasteiger partial charge in [0, 0.05) is 39.1 Å². The molecule has 0 unspecified atom stereocenters. The Bertz CT molecular complexity index is 1320. The molecule has 2 saturated heterocycles. The number of hydrogen-bond acceptors (Lipinski definition) is 6. The summed E-state index contributed by atoms with van der Waals surface area (Å²) in [6.07, 6.45) is 1.51. The summed E-state index contributed by atoms with van der Waals surface area (Å²) in [6, 6.07) is 7.53. The van der Waals surface area contributed by atoms with Crippen LogP contribution in [0.2, 0.25) is 18.1 Å². The van der Waals surface area contributed by atoms with Crippen LogP contribution in [0.5, 0.6) is 0 Å². The molecule has 2 aromatic heterocycles. The maximum absolute atomic E-state index is 14.7. The zero-order valence-corrected chi connectivity index (χ0v) is 25.7. The first-order valence-electron chi connectivity index (χ1n) is 14.3. The highest BCUT2D eigenvalue weighted by atomic mass is 28.4. The van der Waals surface area contributed by atoms with Gasteiger partial charge in [0.1, 0.15) is 11.6 Å². The standard InChI is InChI=1S/C30H44FN5O2Si/c1-8-24-22(10-9-11-25(24)31)17-27-26(20-34-18-23(19-34)38-39(6,7)30(3,4)5)32-29-21(2)16-28(33-36(27)29)35-12-14-37-15-13-35/h9-11,16,23H,8,12-15,17-20H2,1-7H3. The number of nitrogens with zero attached hydrogens (tertiary/aromatic N) is 5. The van der Waals surface area contributed by atoms with Gasteiger partial charge in [-0.2, -0.15) is 0 Å². The SMILES string of the molecule is CCc1c(F)cccc1Cc1c(CN2CC(O[Si](C)(C)C(C)(C)C)C2)nc2c(C)cc(N3CCOCC3)nn12. The van der Waals surface area contributed by atoms with Gasteiger partial charge in [-0.15, -0.1) is 5.10 Å². The molecule has 0 atom stereocenters. The Morgan fingerprint density at radius 3 is 2.54 bits per heavy atom. The number of aromatic nitrogens is 3. The molecule has 2 aliphatic heterocycles. The van der Waals surface area contributed by atoms with Gasteiger partial charge in [0.15, 0.2) is 14.0 Å². The van der Waals surface area contributed by atoms with Crippen LogP contribution < -0.4 is 4.90 Å². The number of ether oxygens (including phenoxy) is 1. The van der Waals surface area contributed by atoms with Crippen LogP contribution in [0.15, 0.2) is 24.3 Å². The van der Waals surface area contributed by atoms with E-state index in [0.717, 1.165) is 72.3 Å². The molecule has 1 aromatic carbocycles. The van der Waals surface area contributed by atoms with Crippen LogP contribution in [0.4, 0.5) is 10.2 Å². The van der Waals surface area contributed by atoms with Crippen molar-refractivity contribution >= 4 is 19.8 Å². The fourth-order valence-electron chi connectivity index (χ4n) is 5.37. The minimum atomic E-state index is -1.80. The predicted molar refractivity (Wildman–Crippen MR) is 157 cm³/mol. The molecule has 7 nitrogen and oxygen atoms in total. The lowest BCUT2D eigenvalue weighted by atomic mass is 9.99. The van der Waals surface area contributed by atoms with Crippen molar-refractivity contribution in [3.05, 3.63) is 58.2 Å². The van der Waals surface area contributed by atoms with E-state index in [4.69, 9.17) is 19.2 Å². The molecule has 0 aliphatic carbocycles. The summed E-state index contributed by atoms with van der Waals surface area (Å²) in [6.45, 7) is 21.2. The van der Waals surface area contributed by atoms with Gasteiger partial charge >= 0.3 is 0 Å². The Hall–Kier alpha value is -2.33. The number of anilines is 1. The monoisotopic (exact) mass is 553 g/mol. The van der Waals surface area contributed by atoms with Crippen molar-refractivity contribution in [2.24, 2.45) is 0 Å². The fourth-order valence-corrected chi connectivity index (χ4v) is 6.71. The van der Waals surface area contributed by atoms with Crippen LogP contribution in [0.1, 0.15) is 55.8 Å². The molecule has 4 heterocycles. The Labute approximate surface area is 233 Å². The quantitative estimate of drug-likeness (QED) is 0.350. The van der Waals surface area contributed by atoms with E-state index < -0.39 is 8.32 Å². The van der Waals surface area contributed by atoms with Crippen molar-refractivity contribution in [2.75, 3.05) is 44.3 Å². The number of halogens is 1. The van der Waals surface area contributed by atoms with E-state index in [-0.39, 0.29) is 17.0 Å². The van der Waals surface area contributed by atoms with Crippen LogP contribution in [0.3, 0.4) is 0 Å². The lowest BCUT2D eigenvalue weighted by molar-refractivity contribution is 0.00486. The van der Waals surface area contributed by atoms with E-state index in [1.54, 1.807) is 6.07 Å². The Kier molecular flexibility index (Phi) is 7.89. The molecular formula is C30H44FN5O2Si. The van der Waals surface area contributed by atoms with E-state index in [0.29, 0.717) is 26.1 Å². The molecule has 0 radical (unpaired) electrons. The van der Waals surface area contributed by atoms with Crippen molar-refractivity contribution < 1.29 is 13.6 Å². The smallest absolute Gasteiger partial charge is 0.192 e. The number of morpholine rings is 1. The molecule has 5 rings (SSSR count). The predicted octanol–water partition coefficient (Wildman–Crippen LogP) is 5.37. The van der Waals surface area contributed by atoms with Crippen molar-refractivity contribution in [3.8, 4) is 0 Å². The van der Waals surface area contributed by atoms with Gasteiger partial charge < -0.3 is 14.1 Å². The van der Waals surface area contributed by atoms with Crippen LogP contribution in [0.25, 0.3) is 5.65 Å². The minimum Gasteiger partial charge on any atom is -0.411 e. The highest BCUT2D eigenvalue weighted by Gasteiger charge is 2.42. The molecule has 0 saturated carbocycles. The third-order valence-corrected chi connectivity index (χ3v) is 13.3. The summed E-state index contributed by atoms with van der Waals surface area (Å²) in [7, 11) is -1.80. The van der Waals surface area contributed by atoms with E-state index in [2.05, 4.69) is 56.7 Å². The Morgan fingerprint density at radius 1 is 1.15 bits per heavy atom. The Balaban J connectivity index is 1.46. The minimum absolute atomic E-state index is 0.142. The molecule has 0 N–H and O–H groups in total. The van der Waals surface area contributed by atoms with Crippen molar-refractivity contribution in [2.45, 2.75) is 78.2 Å². The highest BCUT2D eigenvalue weighted by Crippen LogP contribution is 2.38. The lowest BCUT2D eigenvalue weighted by Gasteiger charge is -2.46. The first-order chi connectivity index (χ1) is 18.5. The normalized spacial score (nSPS) is 17.7. The number of aryl methyl sites for hydroxylation is 1. The van der Waals surface area contributed by atoms with Crippen LogP contribution >= 0.6 is 0 Å². The molecule has 212 valence electrons. The van der Waals surface area contributed by atoms with Crippen molar-refractivity contribution in [3.63, 3.8) is 0 Å². The second kappa shape index (κ2) is 10.9. The summed E-state index contributed by atoms with van der Waals surface area (Å²) in [5.41, 5.74) is 5.79. The average molecular weight is 554 g/mol. The summed E-state index contributed by atoms with van der Waals surface area (Å²) in [5, 5.41) is 5.29. The van der Waals surface area contributed by atoms with Gasteiger partial charge in [0.05, 0.1) is 30.7 Å². The summed E-state index contributed by atoms with van der Waals surface area (Å²) >= 11 is 0. The van der Waals surface area contributed by atoms with Crippen LogP contribution in [-0.2, 0) is 28.5 Å². The average Bonchev–Trinajstić information content (AvgIpc) is 3.20. The second-order valence-corrected chi connectivity index (χ2v) is 17.4. The number of likely N-dealkylation sites (tertiary alicyclic amines) is 1. The molecule has 2 aliphatic rings. The molecule has 3 aromatic rings. The second-order valence-electron chi connectivity index (χ2n) is 12.6. The van der Waals surface area contributed by atoms with Gasteiger partial charge in [0.2, 0.25) is 0 Å². The number of imidazole rings is 1. The Morgan fingerprint density at radius 2 is 1.87 bits per heavy atom. The van der Waals surface area contributed by atoms with E-state index in [9.17, 15) is 4.39 Å². The first kappa shape index (κ1) is 28.2. The van der Waals surface area contributed by atoms with E-state index in [1.807, 2.05) is 23.6 Å². The van der Waals surface area contributed by atoms with Gasteiger partial charge in [-0.25, -0.2) is 13.9 Å². The molecule has 9 heteroatoms. The van der Waals surface area contributed by atoms with Gasteiger partial charge in [-0.1, -0.05) is 39.8 Å². The van der Waals surface area contributed by atoms with E-state index >= 15 is 0 Å². The number of hydrogen-bond donors (Lipinski definition) is 0. The zero-order valence-electron chi connectivity index (χ0n) is 24.7. The van der Waals surface area contributed by atoms with Crippen LogP contribution in [0, 0.1) is 12.7 Å². The third-order valence-electron chi connectivity index (χ3n) is 8.76. The number of fused-ring (bicyclic) bond motifs is 1.